The molecule has 0 aliphatic carbocycles. The molecule has 4 heteroatoms. The number of rotatable bonds is 7. The molecule has 1 rings (SSSR count). The van der Waals surface area contributed by atoms with Crippen LogP contribution in [-0.4, -0.2) is 48.8 Å². The number of carboxylic acids is 1. The summed E-state index contributed by atoms with van der Waals surface area (Å²) in [5.74, 6) is -0.702. The van der Waals surface area contributed by atoms with Crippen LogP contribution < -0.4 is 0 Å². The lowest BCUT2D eigenvalue weighted by molar-refractivity contribution is -0.159. The van der Waals surface area contributed by atoms with E-state index in [-0.39, 0.29) is 0 Å². The standard InChI is InChI=1S/C13H25NO3/c1-3-5-8-14(4-2)10-13(12(15)16)7-6-9-17-11-13/h3-11H2,1-2H3,(H,15,16). The summed E-state index contributed by atoms with van der Waals surface area (Å²) in [5, 5.41) is 9.45. The molecule has 0 aromatic carbocycles. The van der Waals surface area contributed by atoms with Crippen LogP contribution in [0, 0.1) is 5.41 Å². The van der Waals surface area contributed by atoms with Crippen molar-refractivity contribution in [1.82, 2.24) is 4.90 Å². The molecule has 1 heterocycles. The van der Waals surface area contributed by atoms with Gasteiger partial charge in [-0.3, -0.25) is 4.79 Å². The Morgan fingerprint density at radius 1 is 1.47 bits per heavy atom. The lowest BCUT2D eigenvalue weighted by Crippen LogP contribution is -2.48. The number of carbonyl (C=O) groups is 1. The smallest absolute Gasteiger partial charge is 0.313 e. The average Bonchev–Trinajstić information content (AvgIpc) is 2.35. The average molecular weight is 243 g/mol. The van der Waals surface area contributed by atoms with Gasteiger partial charge in [-0.2, -0.15) is 0 Å². The molecular formula is C13H25NO3. The van der Waals surface area contributed by atoms with E-state index in [1.54, 1.807) is 0 Å². The predicted molar refractivity (Wildman–Crippen MR) is 67.1 cm³/mol. The molecule has 1 N–H and O–H groups in total. The normalized spacial score (nSPS) is 25.1. The molecule has 0 radical (unpaired) electrons. The van der Waals surface area contributed by atoms with E-state index in [9.17, 15) is 9.90 Å². The molecular weight excluding hydrogens is 218 g/mol. The lowest BCUT2D eigenvalue weighted by Gasteiger charge is -2.37. The number of carboxylic acid groups (broad SMARTS) is 1. The molecule has 1 fully saturated rings. The summed E-state index contributed by atoms with van der Waals surface area (Å²) in [6.45, 7) is 7.84. The number of nitrogens with zero attached hydrogens (tertiary/aromatic N) is 1. The van der Waals surface area contributed by atoms with Gasteiger partial charge in [-0.15, -0.1) is 0 Å². The highest BCUT2D eigenvalue weighted by Gasteiger charge is 2.41. The van der Waals surface area contributed by atoms with Gasteiger partial charge in [-0.05, 0) is 32.4 Å². The third kappa shape index (κ3) is 3.96. The maximum Gasteiger partial charge on any atom is 0.313 e. The second-order valence-electron chi connectivity index (χ2n) is 4.96. The number of ether oxygens (including phenoxy) is 1. The Morgan fingerprint density at radius 3 is 2.71 bits per heavy atom. The maximum atomic E-state index is 11.5. The first kappa shape index (κ1) is 14.5. The molecule has 0 aromatic rings. The van der Waals surface area contributed by atoms with Crippen molar-refractivity contribution in [3.63, 3.8) is 0 Å². The number of hydrogen-bond donors (Lipinski definition) is 1. The van der Waals surface area contributed by atoms with Crippen LogP contribution in [-0.2, 0) is 9.53 Å². The fourth-order valence-electron chi connectivity index (χ4n) is 2.37. The van der Waals surface area contributed by atoms with Crippen LogP contribution in [0.1, 0.15) is 39.5 Å². The van der Waals surface area contributed by atoms with Crippen molar-refractivity contribution in [2.45, 2.75) is 39.5 Å². The van der Waals surface area contributed by atoms with Gasteiger partial charge in [0.2, 0.25) is 0 Å². The van der Waals surface area contributed by atoms with Crippen LogP contribution in [0.15, 0.2) is 0 Å². The van der Waals surface area contributed by atoms with Crippen molar-refractivity contribution in [3.8, 4) is 0 Å². The van der Waals surface area contributed by atoms with Crippen LogP contribution in [0.4, 0.5) is 0 Å². The monoisotopic (exact) mass is 243 g/mol. The lowest BCUT2D eigenvalue weighted by atomic mass is 9.82. The zero-order valence-electron chi connectivity index (χ0n) is 11.1. The first-order valence-corrected chi connectivity index (χ1v) is 6.68. The molecule has 100 valence electrons. The van der Waals surface area contributed by atoms with Crippen molar-refractivity contribution >= 4 is 5.97 Å². The van der Waals surface area contributed by atoms with Gasteiger partial charge in [0.05, 0.1) is 6.61 Å². The van der Waals surface area contributed by atoms with Crippen LogP contribution in [0.3, 0.4) is 0 Å². The summed E-state index contributed by atoms with van der Waals surface area (Å²) in [7, 11) is 0. The van der Waals surface area contributed by atoms with Crippen molar-refractivity contribution in [2.24, 2.45) is 5.41 Å². The number of unbranched alkanes of at least 4 members (excludes halogenated alkanes) is 1. The predicted octanol–water partition coefficient (Wildman–Crippen LogP) is 1.99. The van der Waals surface area contributed by atoms with Gasteiger partial charge < -0.3 is 14.7 Å². The highest BCUT2D eigenvalue weighted by atomic mass is 16.5. The van der Waals surface area contributed by atoms with E-state index < -0.39 is 11.4 Å². The summed E-state index contributed by atoms with van der Waals surface area (Å²) in [4.78, 5) is 13.7. The molecule has 1 atom stereocenters. The Bertz CT molecular complexity index is 237. The van der Waals surface area contributed by atoms with E-state index in [1.807, 2.05) is 0 Å². The fourth-order valence-corrected chi connectivity index (χ4v) is 2.37. The Kier molecular flexibility index (Phi) is 5.92. The Hall–Kier alpha value is -0.610. The third-order valence-electron chi connectivity index (χ3n) is 3.58. The summed E-state index contributed by atoms with van der Waals surface area (Å²) >= 11 is 0. The number of aliphatic carboxylic acids is 1. The topological polar surface area (TPSA) is 49.8 Å². The van der Waals surface area contributed by atoms with Gasteiger partial charge in [0.1, 0.15) is 5.41 Å². The second kappa shape index (κ2) is 6.97. The van der Waals surface area contributed by atoms with E-state index in [0.717, 1.165) is 38.8 Å². The molecule has 1 aliphatic heterocycles. The first-order valence-electron chi connectivity index (χ1n) is 6.68. The van der Waals surface area contributed by atoms with E-state index in [4.69, 9.17) is 4.74 Å². The largest absolute Gasteiger partial charge is 0.481 e. The minimum Gasteiger partial charge on any atom is -0.481 e. The van der Waals surface area contributed by atoms with Crippen molar-refractivity contribution in [2.75, 3.05) is 32.8 Å². The van der Waals surface area contributed by atoms with Crippen LogP contribution in [0.2, 0.25) is 0 Å². The molecule has 0 saturated carbocycles. The molecule has 4 nitrogen and oxygen atoms in total. The minimum absolute atomic E-state index is 0.366. The van der Waals surface area contributed by atoms with E-state index in [2.05, 4.69) is 18.7 Å². The van der Waals surface area contributed by atoms with E-state index in [0.29, 0.717) is 19.8 Å². The summed E-state index contributed by atoms with van der Waals surface area (Å²) in [5.41, 5.74) is -0.679. The SMILES string of the molecule is CCCCN(CC)CC1(C(=O)O)CCCOC1. The van der Waals surface area contributed by atoms with Gasteiger partial charge in [-0.25, -0.2) is 0 Å². The van der Waals surface area contributed by atoms with Gasteiger partial charge in [0.25, 0.3) is 0 Å². The quantitative estimate of drug-likeness (QED) is 0.743. The molecule has 17 heavy (non-hydrogen) atoms. The van der Waals surface area contributed by atoms with Crippen molar-refractivity contribution in [3.05, 3.63) is 0 Å². The summed E-state index contributed by atoms with van der Waals surface area (Å²) < 4.78 is 5.39. The summed E-state index contributed by atoms with van der Waals surface area (Å²) in [6, 6.07) is 0. The molecule has 1 saturated heterocycles. The molecule has 0 spiro atoms. The Balaban J connectivity index is 2.60. The Morgan fingerprint density at radius 2 is 2.24 bits per heavy atom. The van der Waals surface area contributed by atoms with Crippen molar-refractivity contribution < 1.29 is 14.6 Å². The van der Waals surface area contributed by atoms with E-state index >= 15 is 0 Å². The van der Waals surface area contributed by atoms with E-state index in [1.165, 1.54) is 0 Å². The minimum atomic E-state index is -0.702. The van der Waals surface area contributed by atoms with Gasteiger partial charge in [0, 0.05) is 13.2 Å². The molecule has 0 aromatic heterocycles. The van der Waals surface area contributed by atoms with Crippen LogP contribution in [0.25, 0.3) is 0 Å². The van der Waals surface area contributed by atoms with Crippen LogP contribution >= 0.6 is 0 Å². The number of hydrogen-bond acceptors (Lipinski definition) is 3. The Labute approximate surface area is 104 Å². The maximum absolute atomic E-state index is 11.5. The first-order chi connectivity index (χ1) is 8.14. The molecule has 0 amide bonds. The molecule has 0 bridgehead atoms. The second-order valence-corrected chi connectivity index (χ2v) is 4.96. The van der Waals surface area contributed by atoms with Crippen molar-refractivity contribution in [1.29, 1.82) is 0 Å². The molecule has 1 aliphatic rings. The van der Waals surface area contributed by atoms with Gasteiger partial charge in [-0.1, -0.05) is 20.3 Å². The third-order valence-corrected chi connectivity index (χ3v) is 3.58. The summed E-state index contributed by atoms with van der Waals surface area (Å²) in [6.07, 6.45) is 3.88. The van der Waals surface area contributed by atoms with Gasteiger partial charge >= 0.3 is 5.97 Å². The zero-order chi connectivity index (χ0) is 12.7. The highest BCUT2D eigenvalue weighted by molar-refractivity contribution is 5.75. The van der Waals surface area contributed by atoms with Gasteiger partial charge in [0.15, 0.2) is 0 Å². The zero-order valence-corrected chi connectivity index (χ0v) is 11.1. The van der Waals surface area contributed by atoms with Crippen LogP contribution in [0.5, 0.6) is 0 Å². The fraction of sp³-hybridized carbons (Fsp3) is 0.923. The highest BCUT2D eigenvalue weighted by Crippen LogP contribution is 2.30. The molecule has 1 unspecified atom stereocenters.